The van der Waals surface area contributed by atoms with Gasteiger partial charge in [-0.2, -0.15) is 18.3 Å². The summed E-state index contributed by atoms with van der Waals surface area (Å²) in [5.74, 6) is 0. The highest BCUT2D eigenvalue weighted by Gasteiger charge is 2.33. The first kappa shape index (κ1) is 15.5. The number of alkyl halides is 3. The molecule has 0 amide bonds. The van der Waals surface area contributed by atoms with Crippen LogP contribution in [0.15, 0.2) is 36.7 Å². The molecule has 1 aromatic heterocycles. The van der Waals surface area contributed by atoms with E-state index in [-0.39, 0.29) is 12.1 Å². The average molecular weight is 299 g/mol. The van der Waals surface area contributed by atoms with Crippen LogP contribution in [-0.2, 0) is 17.5 Å². The molecule has 0 fully saturated rings. The Kier molecular flexibility index (Phi) is 4.98. The van der Waals surface area contributed by atoms with Gasteiger partial charge in [0.2, 0.25) is 0 Å². The predicted octanol–water partition coefficient (Wildman–Crippen LogP) is 2.63. The average Bonchev–Trinajstić information content (AvgIpc) is 2.97. The summed E-state index contributed by atoms with van der Waals surface area (Å²) in [6, 6.07) is 5.86. The Labute approximate surface area is 120 Å². The molecule has 114 valence electrons. The van der Waals surface area contributed by atoms with Crippen LogP contribution in [0.5, 0.6) is 0 Å². The molecular formula is C14H16F3N3O. The Morgan fingerprint density at radius 2 is 2.14 bits per heavy atom. The summed E-state index contributed by atoms with van der Waals surface area (Å²) in [4.78, 5) is 0. The van der Waals surface area contributed by atoms with Crippen LogP contribution >= 0.6 is 0 Å². The third kappa shape index (κ3) is 4.05. The minimum Gasteiger partial charge on any atom is -0.383 e. The molecule has 7 heteroatoms. The summed E-state index contributed by atoms with van der Waals surface area (Å²) < 4.78 is 45.7. The molecule has 0 aliphatic carbocycles. The van der Waals surface area contributed by atoms with E-state index < -0.39 is 11.7 Å². The molecule has 1 N–H and O–H groups in total. The zero-order chi connectivity index (χ0) is 15.3. The number of ether oxygens (including phenoxy) is 1. The first-order chi connectivity index (χ1) is 10.0. The summed E-state index contributed by atoms with van der Waals surface area (Å²) in [7, 11) is 1.54. The molecule has 4 nitrogen and oxygen atoms in total. The van der Waals surface area contributed by atoms with Gasteiger partial charge in [0.1, 0.15) is 0 Å². The van der Waals surface area contributed by atoms with Gasteiger partial charge in [-0.15, -0.1) is 0 Å². The maximum atomic E-state index is 13.2. The van der Waals surface area contributed by atoms with Gasteiger partial charge in [0.05, 0.1) is 17.9 Å². The van der Waals surface area contributed by atoms with Crippen LogP contribution in [0.25, 0.3) is 5.69 Å². The smallest absolute Gasteiger partial charge is 0.383 e. The molecule has 0 spiro atoms. The summed E-state index contributed by atoms with van der Waals surface area (Å²) in [6.07, 6.45) is -1.28. The standard InChI is InChI=1S/C14H16F3N3O/c1-21-8-6-18-10-11-3-4-12(20-7-2-5-19-20)9-13(11)14(15,16)17/h2-5,7,9,18H,6,8,10H2,1H3. The molecule has 1 heterocycles. The largest absolute Gasteiger partial charge is 0.416 e. The van der Waals surface area contributed by atoms with Crippen molar-refractivity contribution < 1.29 is 17.9 Å². The molecule has 1 aromatic carbocycles. The lowest BCUT2D eigenvalue weighted by molar-refractivity contribution is -0.138. The highest BCUT2D eigenvalue weighted by Crippen LogP contribution is 2.33. The van der Waals surface area contributed by atoms with Gasteiger partial charge >= 0.3 is 6.18 Å². The molecule has 0 unspecified atom stereocenters. The van der Waals surface area contributed by atoms with Gasteiger partial charge in [-0.25, -0.2) is 4.68 Å². The summed E-state index contributed by atoms with van der Waals surface area (Å²) in [6.45, 7) is 1.08. The Morgan fingerprint density at radius 1 is 1.33 bits per heavy atom. The zero-order valence-corrected chi connectivity index (χ0v) is 11.5. The van der Waals surface area contributed by atoms with Gasteiger partial charge in [0.25, 0.3) is 0 Å². The lowest BCUT2D eigenvalue weighted by Gasteiger charge is -2.15. The lowest BCUT2D eigenvalue weighted by atomic mass is 10.1. The summed E-state index contributed by atoms with van der Waals surface area (Å²) in [5.41, 5.74) is -0.0668. The first-order valence-corrected chi connectivity index (χ1v) is 6.42. The van der Waals surface area contributed by atoms with Gasteiger partial charge in [0.15, 0.2) is 0 Å². The summed E-state index contributed by atoms with van der Waals surface area (Å²) >= 11 is 0. The van der Waals surface area contributed by atoms with Crippen LogP contribution in [0.4, 0.5) is 13.2 Å². The van der Waals surface area contributed by atoms with Gasteiger partial charge in [-0.3, -0.25) is 0 Å². The number of nitrogens with one attached hydrogen (secondary N) is 1. The van der Waals surface area contributed by atoms with Gasteiger partial charge < -0.3 is 10.1 Å². The molecule has 21 heavy (non-hydrogen) atoms. The molecule has 0 radical (unpaired) electrons. The SMILES string of the molecule is COCCNCc1ccc(-n2cccn2)cc1C(F)(F)F. The van der Waals surface area contributed by atoms with E-state index in [2.05, 4.69) is 10.4 Å². The summed E-state index contributed by atoms with van der Waals surface area (Å²) in [5, 5.41) is 6.86. The number of rotatable bonds is 6. The molecule has 0 aliphatic heterocycles. The molecular weight excluding hydrogens is 283 g/mol. The molecule has 0 aliphatic rings. The maximum absolute atomic E-state index is 13.2. The van der Waals surface area contributed by atoms with Crippen molar-refractivity contribution in [3.63, 3.8) is 0 Å². The zero-order valence-electron chi connectivity index (χ0n) is 11.5. The highest BCUT2D eigenvalue weighted by atomic mass is 19.4. The fourth-order valence-electron chi connectivity index (χ4n) is 1.94. The highest BCUT2D eigenvalue weighted by molar-refractivity contribution is 5.41. The number of halogens is 3. The van der Waals surface area contributed by atoms with E-state index in [0.717, 1.165) is 6.07 Å². The van der Waals surface area contributed by atoms with Crippen LogP contribution < -0.4 is 5.32 Å². The quantitative estimate of drug-likeness (QED) is 0.833. The topological polar surface area (TPSA) is 39.1 Å². The van der Waals surface area contributed by atoms with E-state index in [1.54, 1.807) is 25.4 Å². The van der Waals surface area contributed by atoms with Crippen LogP contribution in [0, 0.1) is 0 Å². The Hall–Kier alpha value is -1.86. The van der Waals surface area contributed by atoms with Crippen molar-refractivity contribution >= 4 is 0 Å². The number of hydrogen-bond donors (Lipinski definition) is 1. The Balaban J connectivity index is 2.24. The molecule has 2 rings (SSSR count). The van der Waals surface area contributed by atoms with E-state index in [1.165, 1.54) is 16.9 Å². The number of methoxy groups -OCH3 is 1. The van der Waals surface area contributed by atoms with Crippen molar-refractivity contribution in [3.8, 4) is 5.69 Å². The van der Waals surface area contributed by atoms with E-state index in [1.807, 2.05) is 0 Å². The lowest BCUT2D eigenvalue weighted by Crippen LogP contribution is -2.21. The molecule has 0 atom stereocenters. The third-order valence-electron chi connectivity index (χ3n) is 2.97. The van der Waals surface area contributed by atoms with Crippen molar-refractivity contribution in [3.05, 3.63) is 47.8 Å². The van der Waals surface area contributed by atoms with Crippen molar-refractivity contribution in [2.45, 2.75) is 12.7 Å². The minimum atomic E-state index is -4.40. The molecule has 2 aromatic rings. The molecule has 0 saturated carbocycles. The van der Waals surface area contributed by atoms with E-state index >= 15 is 0 Å². The van der Waals surface area contributed by atoms with Crippen LogP contribution in [0.1, 0.15) is 11.1 Å². The Morgan fingerprint density at radius 3 is 2.76 bits per heavy atom. The number of hydrogen-bond acceptors (Lipinski definition) is 3. The normalized spacial score (nSPS) is 11.8. The number of benzene rings is 1. The third-order valence-corrected chi connectivity index (χ3v) is 2.97. The van der Waals surface area contributed by atoms with Crippen LogP contribution in [0.2, 0.25) is 0 Å². The van der Waals surface area contributed by atoms with E-state index in [0.29, 0.717) is 18.8 Å². The molecule has 0 bridgehead atoms. The van der Waals surface area contributed by atoms with Crippen molar-refractivity contribution in [1.29, 1.82) is 0 Å². The van der Waals surface area contributed by atoms with Crippen molar-refractivity contribution in [2.75, 3.05) is 20.3 Å². The van der Waals surface area contributed by atoms with E-state index in [4.69, 9.17) is 4.74 Å². The van der Waals surface area contributed by atoms with Crippen molar-refractivity contribution in [2.24, 2.45) is 0 Å². The molecule has 0 saturated heterocycles. The van der Waals surface area contributed by atoms with Gasteiger partial charge in [0, 0.05) is 32.6 Å². The van der Waals surface area contributed by atoms with Crippen molar-refractivity contribution in [1.82, 2.24) is 15.1 Å². The predicted molar refractivity (Wildman–Crippen MR) is 72.1 cm³/mol. The van der Waals surface area contributed by atoms with Crippen LogP contribution in [0.3, 0.4) is 0 Å². The van der Waals surface area contributed by atoms with E-state index in [9.17, 15) is 13.2 Å². The fraction of sp³-hybridized carbons (Fsp3) is 0.357. The maximum Gasteiger partial charge on any atom is 0.416 e. The minimum absolute atomic E-state index is 0.136. The van der Waals surface area contributed by atoms with Crippen LogP contribution in [-0.4, -0.2) is 30.0 Å². The fourth-order valence-corrected chi connectivity index (χ4v) is 1.94. The first-order valence-electron chi connectivity index (χ1n) is 6.42. The van der Waals surface area contributed by atoms with Gasteiger partial charge in [-0.05, 0) is 23.8 Å². The number of nitrogens with zero attached hydrogens (tertiary/aromatic N) is 2. The number of aromatic nitrogens is 2. The monoisotopic (exact) mass is 299 g/mol. The second-order valence-electron chi connectivity index (χ2n) is 4.46. The Bertz CT molecular complexity index is 567. The second kappa shape index (κ2) is 6.73. The second-order valence-corrected chi connectivity index (χ2v) is 4.46. The van der Waals surface area contributed by atoms with Gasteiger partial charge in [-0.1, -0.05) is 6.07 Å².